The van der Waals surface area contributed by atoms with Gasteiger partial charge < -0.3 is 23.9 Å². The summed E-state index contributed by atoms with van der Waals surface area (Å²) in [4.78, 5) is 19.3. The second-order valence-corrected chi connectivity index (χ2v) is 8.09. The van der Waals surface area contributed by atoms with E-state index in [-0.39, 0.29) is 18.3 Å². The van der Waals surface area contributed by atoms with Crippen molar-refractivity contribution < 1.29 is 14.6 Å². The molecule has 0 aliphatic heterocycles. The van der Waals surface area contributed by atoms with Gasteiger partial charge in [0.15, 0.2) is 0 Å². The molecule has 0 fully saturated rings. The number of imidazole rings is 1. The Labute approximate surface area is 187 Å². The van der Waals surface area contributed by atoms with Crippen molar-refractivity contribution >= 4 is 16.9 Å². The summed E-state index contributed by atoms with van der Waals surface area (Å²) < 4.78 is 9.39. The number of esters is 1. The van der Waals surface area contributed by atoms with Gasteiger partial charge in [-0.15, -0.1) is 0 Å². The number of aryl methyl sites for hydroxylation is 1. The highest BCUT2D eigenvalue weighted by molar-refractivity contribution is 6.09. The third-order valence-electron chi connectivity index (χ3n) is 5.61. The maximum absolute atomic E-state index is 13.2. The van der Waals surface area contributed by atoms with Gasteiger partial charge in [0.1, 0.15) is 5.75 Å². The molecule has 0 atom stereocenters. The number of phenolic OH excluding ortho intramolecular Hbond substituents is 1. The van der Waals surface area contributed by atoms with E-state index in [1.807, 2.05) is 77.8 Å². The Kier molecular flexibility index (Phi) is 6.01. The van der Waals surface area contributed by atoms with E-state index in [1.54, 1.807) is 19.4 Å². The second-order valence-electron chi connectivity index (χ2n) is 8.09. The van der Waals surface area contributed by atoms with Crippen molar-refractivity contribution in [3.8, 4) is 16.9 Å². The minimum atomic E-state index is -0.389. The Morgan fingerprint density at radius 2 is 1.97 bits per heavy atom. The average Bonchev–Trinajstić information content (AvgIpc) is 3.38. The molecule has 2 aromatic heterocycles. The first-order valence-electron chi connectivity index (χ1n) is 10.6. The van der Waals surface area contributed by atoms with Crippen molar-refractivity contribution in [3.05, 3.63) is 71.9 Å². The van der Waals surface area contributed by atoms with Crippen LogP contribution in [0.1, 0.15) is 28.5 Å². The topological polar surface area (TPSA) is 72.5 Å². The van der Waals surface area contributed by atoms with E-state index in [9.17, 15) is 9.90 Å². The van der Waals surface area contributed by atoms with Gasteiger partial charge in [-0.05, 0) is 32.6 Å². The molecule has 0 bridgehead atoms. The van der Waals surface area contributed by atoms with Gasteiger partial charge in [-0.2, -0.15) is 0 Å². The SMILES string of the molecule is CCOC(=O)c1c(Cn2ccnc2)n(C)c2cc(-c3ccccc3)c(O)c(CN(C)C)c12. The van der Waals surface area contributed by atoms with E-state index in [0.717, 1.165) is 27.7 Å². The van der Waals surface area contributed by atoms with Crippen LogP contribution in [0.5, 0.6) is 5.75 Å². The van der Waals surface area contributed by atoms with Crippen LogP contribution in [0.15, 0.2) is 55.1 Å². The summed E-state index contributed by atoms with van der Waals surface area (Å²) in [7, 11) is 5.84. The van der Waals surface area contributed by atoms with Crippen molar-refractivity contribution in [2.75, 3.05) is 20.7 Å². The van der Waals surface area contributed by atoms with Gasteiger partial charge in [-0.1, -0.05) is 30.3 Å². The lowest BCUT2D eigenvalue weighted by molar-refractivity contribution is 0.0527. The molecule has 0 aliphatic carbocycles. The Balaban J connectivity index is 2.07. The molecule has 4 rings (SSSR count). The van der Waals surface area contributed by atoms with Gasteiger partial charge in [0.25, 0.3) is 0 Å². The predicted octanol–water partition coefficient (Wildman–Crippen LogP) is 4.03. The molecule has 0 spiro atoms. The van der Waals surface area contributed by atoms with Crippen LogP contribution in [0.4, 0.5) is 0 Å². The zero-order chi connectivity index (χ0) is 22.8. The number of fused-ring (bicyclic) bond motifs is 1. The molecule has 0 saturated heterocycles. The molecule has 2 heterocycles. The van der Waals surface area contributed by atoms with Crippen LogP contribution in [0.3, 0.4) is 0 Å². The number of rotatable bonds is 7. The number of hydrogen-bond acceptors (Lipinski definition) is 5. The second kappa shape index (κ2) is 8.88. The van der Waals surface area contributed by atoms with Gasteiger partial charge in [0, 0.05) is 42.5 Å². The summed E-state index contributed by atoms with van der Waals surface area (Å²) in [5.41, 5.74) is 4.53. The van der Waals surface area contributed by atoms with Crippen molar-refractivity contribution in [2.24, 2.45) is 7.05 Å². The maximum Gasteiger partial charge on any atom is 0.340 e. The van der Waals surface area contributed by atoms with E-state index in [2.05, 4.69) is 4.98 Å². The first-order chi connectivity index (χ1) is 15.4. The molecule has 32 heavy (non-hydrogen) atoms. The van der Waals surface area contributed by atoms with Crippen molar-refractivity contribution in [3.63, 3.8) is 0 Å². The van der Waals surface area contributed by atoms with Crippen LogP contribution in [0.25, 0.3) is 22.0 Å². The van der Waals surface area contributed by atoms with E-state index in [0.29, 0.717) is 24.2 Å². The van der Waals surface area contributed by atoms with Crippen LogP contribution < -0.4 is 0 Å². The number of phenols is 1. The molecule has 2 aromatic carbocycles. The van der Waals surface area contributed by atoms with Gasteiger partial charge in [-0.3, -0.25) is 0 Å². The summed E-state index contributed by atoms with van der Waals surface area (Å²) in [6.07, 6.45) is 5.30. The van der Waals surface area contributed by atoms with Gasteiger partial charge in [0.05, 0.1) is 36.3 Å². The quantitative estimate of drug-likeness (QED) is 0.447. The molecule has 0 unspecified atom stereocenters. The summed E-state index contributed by atoms with van der Waals surface area (Å²) in [6.45, 7) is 3.01. The molecule has 7 heteroatoms. The number of hydrogen-bond donors (Lipinski definition) is 1. The Morgan fingerprint density at radius 1 is 1.22 bits per heavy atom. The summed E-state index contributed by atoms with van der Waals surface area (Å²) >= 11 is 0. The van der Waals surface area contributed by atoms with Gasteiger partial charge in [-0.25, -0.2) is 9.78 Å². The zero-order valence-corrected chi connectivity index (χ0v) is 18.9. The number of aromatic hydroxyl groups is 1. The van der Waals surface area contributed by atoms with E-state index in [1.165, 1.54) is 0 Å². The molecule has 0 aliphatic rings. The highest BCUT2D eigenvalue weighted by atomic mass is 16.5. The molecule has 7 nitrogen and oxygen atoms in total. The lowest BCUT2D eigenvalue weighted by atomic mass is 9.96. The van der Waals surface area contributed by atoms with Crippen LogP contribution in [0, 0.1) is 0 Å². The molecular weight excluding hydrogens is 404 g/mol. The fourth-order valence-electron chi connectivity index (χ4n) is 4.18. The van der Waals surface area contributed by atoms with Crippen molar-refractivity contribution in [2.45, 2.75) is 20.0 Å². The number of benzene rings is 2. The number of carbonyl (C=O) groups excluding carboxylic acids is 1. The number of aromatic nitrogens is 3. The highest BCUT2D eigenvalue weighted by Crippen LogP contribution is 2.41. The van der Waals surface area contributed by atoms with E-state index < -0.39 is 0 Å². The lowest BCUT2D eigenvalue weighted by Gasteiger charge is -2.17. The molecule has 0 saturated carbocycles. The molecule has 0 amide bonds. The largest absolute Gasteiger partial charge is 0.507 e. The van der Waals surface area contributed by atoms with E-state index >= 15 is 0 Å². The fourth-order valence-corrected chi connectivity index (χ4v) is 4.18. The Hall–Kier alpha value is -3.58. The monoisotopic (exact) mass is 432 g/mol. The summed E-state index contributed by atoms with van der Waals surface area (Å²) in [5, 5.41) is 12.1. The van der Waals surface area contributed by atoms with Gasteiger partial charge in [0.2, 0.25) is 0 Å². The van der Waals surface area contributed by atoms with Crippen molar-refractivity contribution in [1.29, 1.82) is 0 Å². The van der Waals surface area contributed by atoms with Crippen LogP contribution in [-0.2, 0) is 24.9 Å². The Bertz CT molecular complexity index is 1240. The van der Waals surface area contributed by atoms with Gasteiger partial charge >= 0.3 is 5.97 Å². The van der Waals surface area contributed by atoms with Crippen LogP contribution in [-0.4, -0.2) is 50.8 Å². The number of ether oxygens (including phenoxy) is 1. The first-order valence-corrected chi connectivity index (χ1v) is 10.6. The van der Waals surface area contributed by atoms with Crippen LogP contribution >= 0.6 is 0 Å². The lowest BCUT2D eigenvalue weighted by Crippen LogP contribution is -2.14. The van der Waals surface area contributed by atoms with Crippen LogP contribution in [0.2, 0.25) is 0 Å². The smallest absolute Gasteiger partial charge is 0.340 e. The van der Waals surface area contributed by atoms with Crippen molar-refractivity contribution in [1.82, 2.24) is 19.0 Å². The highest BCUT2D eigenvalue weighted by Gasteiger charge is 2.28. The first kappa shape index (κ1) is 21.6. The molecule has 4 aromatic rings. The molecule has 1 N–H and O–H groups in total. The summed E-state index contributed by atoms with van der Waals surface area (Å²) in [6, 6.07) is 11.8. The predicted molar refractivity (Wildman–Crippen MR) is 125 cm³/mol. The van der Waals surface area contributed by atoms with E-state index in [4.69, 9.17) is 4.74 Å². The zero-order valence-electron chi connectivity index (χ0n) is 18.9. The number of carbonyl (C=O) groups is 1. The molecular formula is C25H28N4O3. The minimum Gasteiger partial charge on any atom is -0.507 e. The molecule has 0 radical (unpaired) electrons. The maximum atomic E-state index is 13.2. The Morgan fingerprint density at radius 3 is 2.59 bits per heavy atom. The standard InChI is InChI=1S/C25H28N4O3/c1-5-32-25(31)23-21(15-29-12-11-26-16-29)28(4)20-13-18(17-9-7-6-8-10-17)24(30)19(22(20)23)14-27(2)3/h6-13,16,30H,5,14-15H2,1-4H3. The number of nitrogens with zero attached hydrogens (tertiary/aromatic N) is 4. The minimum absolute atomic E-state index is 0.183. The average molecular weight is 433 g/mol. The summed E-state index contributed by atoms with van der Waals surface area (Å²) in [5.74, 6) is -0.206. The molecule has 166 valence electrons. The fraction of sp³-hybridized carbons (Fsp3) is 0.280. The normalized spacial score (nSPS) is 11.4. The third kappa shape index (κ3) is 3.87. The third-order valence-corrected chi connectivity index (χ3v) is 5.61.